The summed E-state index contributed by atoms with van der Waals surface area (Å²) in [5, 5.41) is 6.59. The maximum atomic E-state index is 12.0. The fourth-order valence-corrected chi connectivity index (χ4v) is 2.01. The molecule has 0 spiro atoms. The Bertz CT molecular complexity index is 738. The highest BCUT2D eigenvalue weighted by atomic mass is 16.5. The molecule has 0 radical (unpaired) electrons. The highest BCUT2D eigenvalue weighted by Gasteiger charge is 2.04. The SMILES string of the molecule is CCCOc1ccc(/C=N/NC(=O)c2ccc(NC(C)=O)cc2)cc1. The first-order valence-corrected chi connectivity index (χ1v) is 8.02. The molecule has 2 amide bonds. The molecule has 2 aromatic rings. The summed E-state index contributed by atoms with van der Waals surface area (Å²) in [7, 11) is 0. The van der Waals surface area contributed by atoms with E-state index in [1.165, 1.54) is 6.92 Å². The summed E-state index contributed by atoms with van der Waals surface area (Å²) in [6.07, 6.45) is 2.52. The van der Waals surface area contributed by atoms with E-state index < -0.39 is 0 Å². The predicted molar refractivity (Wildman–Crippen MR) is 98.0 cm³/mol. The van der Waals surface area contributed by atoms with Crippen LogP contribution >= 0.6 is 0 Å². The molecule has 130 valence electrons. The summed E-state index contributed by atoms with van der Waals surface area (Å²) in [6.45, 7) is 4.17. The third-order valence-electron chi connectivity index (χ3n) is 3.20. The van der Waals surface area contributed by atoms with Crippen molar-refractivity contribution < 1.29 is 14.3 Å². The van der Waals surface area contributed by atoms with Crippen molar-refractivity contribution in [3.63, 3.8) is 0 Å². The van der Waals surface area contributed by atoms with E-state index in [4.69, 9.17) is 4.74 Å². The molecular formula is C19H21N3O3. The first-order chi connectivity index (χ1) is 12.1. The fraction of sp³-hybridized carbons (Fsp3) is 0.211. The molecule has 0 bridgehead atoms. The first-order valence-electron chi connectivity index (χ1n) is 8.02. The minimum Gasteiger partial charge on any atom is -0.494 e. The zero-order chi connectivity index (χ0) is 18.1. The molecular weight excluding hydrogens is 318 g/mol. The molecule has 6 nitrogen and oxygen atoms in total. The number of benzene rings is 2. The zero-order valence-electron chi connectivity index (χ0n) is 14.3. The van der Waals surface area contributed by atoms with Gasteiger partial charge in [-0.15, -0.1) is 0 Å². The van der Waals surface area contributed by atoms with Crippen LogP contribution < -0.4 is 15.5 Å². The Kier molecular flexibility index (Phi) is 6.71. The van der Waals surface area contributed by atoms with Crippen molar-refractivity contribution in [1.29, 1.82) is 0 Å². The van der Waals surface area contributed by atoms with E-state index in [0.29, 0.717) is 17.9 Å². The van der Waals surface area contributed by atoms with E-state index in [1.54, 1.807) is 30.5 Å². The smallest absolute Gasteiger partial charge is 0.271 e. The average molecular weight is 339 g/mol. The molecule has 2 rings (SSSR count). The molecule has 0 fully saturated rings. The summed E-state index contributed by atoms with van der Waals surface area (Å²) in [6, 6.07) is 14.0. The number of carbonyl (C=O) groups excluding carboxylic acids is 2. The molecule has 0 unspecified atom stereocenters. The van der Waals surface area contributed by atoms with Gasteiger partial charge in [0, 0.05) is 18.2 Å². The number of nitrogens with one attached hydrogen (secondary N) is 2. The van der Waals surface area contributed by atoms with Crippen LogP contribution in [-0.2, 0) is 4.79 Å². The lowest BCUT2D eigenvalue weighted by atomic mass is 10.2. The van der Waals surface area contributed by atoms with Crippen LogP contribution in [0.25, 0.3) is 0 Å². The van der Waals surface area contributed by atoms with Crippen LogP contribution in [0.1, 0.15) is 36.2 Å². The third-order valence-corrected chi connectivity index (χ3v) is 3.20. The molecule has 25 heavy (non-hydrogen) atoms. The number of hydrazone groups is 1. The lowest BCUT2D eigenvalue weighted by Crippen LogP contribution is -2.17. The van der Waals surface area contributed by atoms with Crippen molar-refractivity contribution in [2.45, 2.75) is 20.3 Å². The molecule has 0 saturated carbocycles. The van der Waals surface area contributed by atoms with Gasteiger partial charge in [0.1, 0.15) is 5.75 Å². The van der Waals surface area contributed by atoms with Crippen LogP contribution in [0.5, 0.6) is 5.75 Å². The van der Waals surface area contributed by atoms with Gasteiger partial charge in [-0.1, -0.05) is 6.92 Å². The number of ether oxygens (including phenoxy) is 1. The fourth-order valence-electron chi connectivity index (χ4n) is 2.01. The highest BCUT2D eigenvalue weighted by molar-refractivity contribution is 5.96. The number of hydrogen-bond acceptors (Lipinski definition) is 4. The van der Waals surface area contributed by atoms with Crippen molar-refractivity contribution in [3.8, 4) is 5.75 Å². The van der Waals surface area contributed by atoms with Gasteiger partial charge in [-0.05, 0) is 60.5 Å². The van der Waals surface area contributed by atoms with Gasteiger partial charge in [-0.3, -0.25) is 9.59 Å². The number of carbonyl (C=O) groups is 2. The third kappa shape index (κ3) is 6.10. The molecule has 6 heteroatoms. The highest BCUT2D eigenvalue weighted by Crippen LogP contribution is 2.11. The molecule has 0 aliphatic heterocycles. The summed E-state index contributed by atoms with van der Waals surface area (Å²) in [4.78, 5) is 23.0. The Balaban J connectivity index is 1.88. The zero-order valence-corrected chi connectivity index (χ0v) is 14.3. The van der Waals surface area contributed by atoms with Crippen LogP contribution in [0, 0.1) is 0 Å². The monoisotopic (exact) mass is 339 g/mol. The Morgan fingerprint density at radius 3 is 2.36 bits per heavy atom. The van der Waals surface area contributed by atoms with Gasteiger partial charge in [-0.2, -0.15) is 5.10 Å². The molecule has 0 aromatic heterocycles. The molecule has 0 heterocycles. The second-order valence-electron chi connectivity index (χ2n) is 5.38. The van der Waals surface area contributed by atoms with Gasteiger partial charge < -0.3 is 10.1 Å². The number of rotatable bonds is 7. The molecule has 2 aromatic carbocycles. The minimum atomic E-state index is -0.325. The van der Waals surface area contributed by atoms with Crippen molar-refractivity contribution in [2.75, 3.05) is 11.9 Å². The summed E-state index contributed by atoms with van der Waals surface area (Å²) in [5.41, 5.74) is 4.41. The van der Waals surface area contributed by atoms with E-state index in [2.05, 4.69) is 22.8 Å². The number of anilines is 1. The second-order valence-corrected chi connectivity index (χ2v) is 5.38. The van der Waals surface area contributed by atoms with E-state index in [-0.39, 0.29) is 11.8 Å². The lowest BCUT2D eigenvalue weighted by Gasteiger charge is -2.04. The molecule has 0 aliphatic rings. The maximum absolute atomic E-state index is 12.0. The van der Waals surface area contributed by atoms with Crippen molar-refractivity contribution in [2.24, 2.45) is 5.10 Å². The van der Waals surface area contributed by atoms with Crippen molar-refractivity contribution in [1.82, 2.24) is 5.43 Å². The largest absolute Gasteiger partial charge is 0.494 e. The Morgan fingerprint density at radius 2 is 1.76 bits per heavy atom. The Labute approximate surface area is 146 Å². The van der Waals surface area contributed by atoms with E-state index in [1.807, 2.05) is 24.3 Å². The number of nitrogens with zero attached hydrogens (tertiary/aromatic N) is 1. The van der Waals surface area contributed by atoms with Gasteiger partial charge in [-0.25, -0.2) is 5.43 Å². The number of amides is 2. The molecule has 0 aliphatic carbocycles. The minimum absolute atomic E-state index is 0.159. The topological polar surface area (TPSA) is 79.8 Å². The van der Waals surface area contributed by atoms with Crippen LogP contribution in [0.3, 0.4) is 0 Å². The molecule has 0 atom stereocenters. The van der Waals surface area contributed by atoms with Crippen LogP contribution in [0.15, 0.2) is 53.6 Å². The van der Waals surface area contributed by atoms with Crippen LogP contribution in [0.4, 0.5) is 5.69 Å². The van der Waals surface area contributed by atoms with E-state index in [0.717, 1.165) is 17.7 Å². The molecule has 0 saturated heterocycles. The van der Waals surface area contributed by atoms with Gasteiger partial charge in [0.2, 0.25) is 5.91 Å². The van der Waals surface area contributed by atoms with Gasteiger partial charge in [0.25, 0.3) is 5.91 Å². The van der Waals surface area contributed by atoms with Crippen LogP contribution in [-0.4, -0.2) is 24.6 Å². The van der Waals surface area contributed by atoms with E-state index >= 15 is 0 Å². The normalized spacial score (nSPS) is 10.5. The Hall–Kier alpha value is -3.15. The van der Waals surface area contributed by atoms with Gasteiger partial charge in [0.05, 0.1) is 12.8 Å². The number of hydrogen-bond donors (Lipinski definition) is 2. The molecule has 2 N–H and O–H groups in total. The lowest BCUT2D eigenvalue weighted by molar-refractivity contribution is -0.114. The van der Waals surface area contributed by atoms with Crippen molar-refractivity contribution >= 4 is 23.7 Å². The van der Waals surface area contributed by atoms with Crippen LogP contribution in [0.2, 0.25) is 0 Å². The quantitative estimate of drug-likeness (QED) is 0.600. The standard InChI is InChI=1S/C19H21N3O3/c1-3-12-25-18-10-4-15(5-11-18)13-20-22-19(24)16-6-8-17(9-7-16)21-14(2)23/h4-11,13H,3,12H2,1-2H3,(H,21,23)(H,22,24)/b20-13+. The van der Waals surface area contributed by atoms with E-state index in [9.17, 15) is 9.59 Å². The average Bonchev–Trinajstić information content (AvgIpc) is 2.61. The Morgan fingerprint density at radius 1 is 1.08 bits per heavy atom. The van der Waals surface area contributed by atoms with Gasteiger partial charge in [0.15, 0.2) is 0 Å². The maximum Gasteiger partial charge on any atom is 0.271 e. The van der Waals surface area contributed by atoms with Gasteiger partial charge >= 0.3 is 0 Å². The summed E-state index contributed by atoms with van der Waals surface area (Å²) >= 11 is 0. The summed E-state index contributed by atoms with van der Waals surface area (Å²) < 4.78 is 5.50. The summed E-state index contributed by atoms with van der Waals surface area (Å²) in [5.74, 6) is 0.323. The second kappa shape index (κ2) is 9.22. The first kappa shape index (κ1) is 18.2. The van der Waals surface area contributed by atoms with Crippen molar-refractivity contribution in [3.05, 3.63) is 59.7 Å². The predicted octanol–water partition coefficient (Wildman–Crippen LogP) is 3.20.